The standard InChI is InChI=1S/C16H19N3OS/c1-13-4-2-3-5-14(13)15(20)12-18-7-9-19(10-8-18)16-17-6-11-21-16/h2-6,11H,7-10,12H2,1H3. The van der Waals surface area contributed by atoms with Gasteiger partial charge in [-0.3, -0.25) is 9.69 Å². The van der Waals surface area contributed by atoms with Crippen molar-refractivity contribution < 1.29 is 4.79 Å². The second-order valence-corrected chi connectivity index (χ2v) is 6.19. The molecule has 0 radical (unpaired) electrons. The minimum Gasteiger partial charge on any atom is -0.346 e. The molecule has 0 unspecified atom stereocenters. The lowest BCUT2D eigenvalue weighted by molar-refractivity contribution is 0.0926. The van der Waals surface area contributed by atoms with Crippen LogP contribution in [-0.2, 0) is 0 Å². The molecule has 1 fully saturated rings. The number of aryl methyl sites for hydroxylation is 1. The molecule has 0 N–H and O–H groups in total. The third-order valence-electron chi connectivity index (χ3n) is 3.87. The van der Waals surface area contributed by atoms with Gasteiger partial charge in [0.1, 0.15) is 0 Å². The predicted octanol–water partition coefficient (Wildman–Crippen LogP) is 2.46. The highest BCUT2D eigenvalue weighted by Crippen LogP contribution is 2.19. The zero-order valence-corrected chi connectivity index (χ0v) is 13.0. The number of Topliss-reactive ketones (excluding diaryl/α,β-unsaturated/α-hetero) is 1. The fraction of sp³-hybridized carbons (Fsp3) is 0.375. The van der Waals surface area contributed by atoms with Crippen LogP contribution in [0.2, 0.25) is 0 Å². The third kappa shape index (κ3) is 3.31. The van der Waals surface area contributed by atoms with Gasteiger partial charge >= 0.3 is 0 Å². The normalized spacial score (nSPS) is 16.1. The number of hydrogen-bond acceptors (Lipinski definition) is 5. The molecule has 0 atom stereocenters. The third-order valence-corrected chi connectivity index (χ3v) is 4.71. The zero-order chi connectivity index (χ0) is 14.7. The van der Waals surface area contributed by atoms with Crippen molar-refractivity contribution in [1.29, 1.82) is 0 Å². The van der Waals surface area contributed by atoms with Crippen LogP contribution in [0.3, 0.4) is 0 Å². The molecule has 0 spiro atoms. The fourth-order valence-corrected chi connectivity index (χ4v) is 3.34. The summed E-state index contributed by atoms with van der Waals surface area (Å²) >= 11 is 1.67. The summed E-state index contributed by atoms with van der Waals surface area (Å²) in [5.41, 5.74) is 1.91. The Morgan fingerprint density at radius 2 is 2.00 bits per heavy atom. The van der Waals surface area contributed by atoms with E-state index in [1.54, 1.807) is 11.3 Å². The van der Waals surface area contributed by atoms with Crippen molar-refractivity contribution in [2.24, 2.45) is 0 Å². The van der Waals surface area contributed by atoms with Gasteiger partial charge in [-0.05, 0) is 12.5 Å². The minimum atomic E-state index is 0.218. The van der Waals surface area contributed by atoms with Gasteiger partial charge in [0.05, 0.1) is 6.54 Å². The summed E-state index contributed by atoms with van der Waals surface area (Å²) in [4.78, 5) is 21.2. The SMILES string of the molecule is Cc1ccccc1C(=O)CN1CCN(c2nccs2)CC1. The second kappa shape index (κ2) is 6.37. The lowest BCUT2D eigenvalue weighted by Gasteiger charge is -2.34. The van der Waals surface area contributed by atoms with Gasteiger partial charge in [0.15, 0.2) is 10.9 Å². The van der Waals surface area contributed by atoms with Crippen LogP contribution in [0.4, 0.5) is 5.13 Å². The Labute approximate surface area is 129 Å². The Kier molecular flexibility index (Phi) is 4.31. The molecule has 2 aromatic rings. The molecule has 1 aromatic carbocycles. The molecule has 1 aliphatic rings. The van der Waals surface area contributed by atoms with Crippen LogP contribution in [0.25, 0.3) is 0 Å². The summed E-state index contributed by atoms with van der Waals surface area (Å²) in [6.07, 6.45) is 1.84. The van der Waals surface area contributed by atoms with E-state index in [9.17, 15) is 4.79 Å². The van der Waals surface area contributed by atoms with Crippen molar-refractivity contribution in [3.05, 3.63) is 47.0 Å². The molecule has 1 aromatic heterocycles. The summed E-state index contributed by atoms with van der Waals surface area (Å²) in [6.45, 7) is 6.21. The smallest absolute Gasteiger partial charge is 0.185 e. The van der Waals surface area contributed by atoms with Gasteiger partial charge in [-0.25, -0.2) is 4.98 Å². The average Bonchev–Trinajstić information content (AvgIpc) is 3.02. The van der Waals surface area contributed by atoms with Crippen molar-refractivity contribution in [2.75, 3.05) is 37.6 Å². The van der Waals surface area contributed by atoms with Gasteiger partial charge in [0.25, 0.3) is 0 Å². The number of nitrogens with zero attached hydrogens (tertiary/aromatic N) is 3. The monoisotopic (exact) mass is 301 g/mol. The van der Waals surface area contributed by atoms with Crippen LogP contribution < -0.4 is 4.90 Å². The molecule has 0 aliphatic carbocycles. The summed E-state index contributed by atoms with van der Waals surface area (Å²) < 4.78 is 0. The maximum atomic E-state index is 12.4. The Bertz CT molecular complexity index is 604. The highest BCUT2D eigenvalue weighted by Gasteiger charge is 2.21. The van der Waals surface area contributed by atoms with Crippen LogP contribution in [0.1, 0.15) is 15.9 Å². The first-order valence-electron chi connectivity index (χ1n) is 7.19. The number of carbonyl (C=O) groups excluding carboxylic acids is 1. The largest absolute Gasteiger partial charge is 0.346 e. The van der Waals surface area contributed by atoms with Crippen LogP contribution >= 0.6 is 11.3 Å². The Morgan fingerprint density at radius 1 is 1.24 bits per heavy atom. The lowest BCUT2D eigenvalue weighted by Crippen LogP contribution is -2.48. The number of benzene rings is 1. The van der Waals surface area contributed by atoms with Crippen molar-refractivity contribution in [3.8, 4) is 0 Å². The van der Waals surface area contributed by atoms with Crippen molar-refractivity contribution in [1.82, 2.24) is 9.88 Å². The van der Waals surface area contributed by atoms with Gasteiger partial charge in [-0.1, -0.05) is 24.3 Å². The van der Waals surface area contributed by atoms with E-state index >= 15 is 0 Å². The summed E-state index contributed by atoms with van der Waals surface area (Å²) in [7, 11) is 0. The Hall–Kier alpha value is -1.72. The first-order chi connectivity index (χ1) is 10.2. The van der Waals surface area contributed by atoms with Crippen LogP contribution in [0, 0.1) is 6.92 Å². The van der Waals surface area contributed by atoms with Crippen LogP contribution in [0.5, 0.6) is 0 Å². The zero-order valence-electron chi connectivity index (χ0n) is 12.2. The topological polar surface area (TPSA) is 36.4 Å². The molecule has 1 aliphatic heterocycles. The molecule has 2 heterocycles. The molecule has 5 heteroatoms. The van der Waals surface area contributed by atoms with Gasteiger partial charge < -0.3 is 4.90 Å². The number of aromatic nitrogens is 1. The number of thiazole rings is 1. The second-order valence-electron chi connectivity index (χ2n) is 5.32. The highest BCUT2D eigenvalue weighted by atomic mass is 32.1. The number of hydrogen-bond donors (Lipinski definition) is 0. The summed E-state index contributed by atoms with van der Waals surface area (Å²) in [5, 5.41) is 3.09. The number of ketones is 1. The van der Waals surface area contributed by atoms with E-state index in [-0.39, 0.29) is 5.78 Å². The molecule has 110 valence electrons. The molecule has 0 bridgehead atoms. The van der Waals surface area contributed by atoms with Crippen molar-refractivity contribution >= 4 is 22.3 Å². The van der Waals surface area contributed by atoms with Gasteiger partial charge in [0, 0.05) is 43.3 Å². The molecule has 21 heavy (non-hydrogen) atoms. The van der Waals surface area contributed by atoms with Gasteiger partial charge in [0.2, 0.25) is 0 Å². The van der Waals surface area contributed by atoms with E-state index in [2.05, 4.69) is 14.8 Å². The minimum absolute atomic E-state index is 0.218. The highest BCUT2D eigenvalue weighted by molar-refractivity contribution is 7.13. The van der Waals surface area contributed by atoms with E-state index in [1.165, 1.54) is 0 Å². The molecule has 0 saturated carbocycles. The molecular weight excluding hydrogens is 282 g/mol. The van der Waals surface area contributed by atoms with Crippen LogP contribution in [0.15, 0.2) is 35.8 Å². The molecule has 1 saturated heterocycles. The first-order valence-corrected chi connectivity index (χ1v) is 8.07. The van der Waals surface area contributed by atoms with E-state index < -0.39 is 0 Å². The van der Waals surface area contributed by atoms with E-state index in [0.29, 0.717) is 6.54 Å². The number of piperazine rings is 1. The van der Waals surface area contributed by atoms with Crippen LogP contribution in [-0.4, -0.2) is 48.4 Å². The van der Waals surface area contributed by atoms with E-state index in [1.807, 2.05) is 42.8 Å². The fourth-order valence-electron chi connectivity index (χ4n) is 2.64. The first kappa shape index (κ1) is 14.2. The lowest BCUT2D eigenvalue weighted by atomic mass is 10.0. The molecule has 4 nitrogen and oxygen atoms in total. The maximum Gasteiger partial charge on any atom is 0.185 e. The number of anilines is 1. The molecule has 3 rings (SSSR count). The molecule has 0 amide bonds. The van der Waals surface area contributed by atoms with E-state index in [0.717, 1.165) is 42.4 Å². The molecular formula is C16H19N3OS. The summed E-state index contributed by atoms with van der Waals surface area (Å²) in [6, 6.07) is 7.82. The Morgan fingerprint density at radius 3 is 2.67 bits per heavy atom. The number of rotatable bonds is 4. The maximum absolute atomic E-state index is 12.4. The Balaban J connectivity index is 1.56. The van der Waals surface area contributed by atoms with E-state index in [4.69, 9.17) is 0 Å². The van der Waals surface area contributed by atoms with Crippen molar-refractivity contribution in [3.63, 3.8) is 0 Å². The summed E-state index contributed by atoms with van der Waals surface area (Å²) in [5.74, 6) is 0.218. The van der Waals surface area contributed by atoms with Crippen molar-refractivity contribution in [2.45, 2.75) is 6.92 Å². The quantitative estimate of drug-likeness (QED) is 0.813. The number of carbonyl (C=O) groups is 1. The van der Waals surface area contributed by atoms with Gasteiger partial charge in [-0.2, -0.15) is 0 Å². The van der Waals surface area contributed by atoms with Gasteiger partial charge in [-0.15, -0.1) is 11.3 Å². The predicted molar refractivity (Wildman–Crippen MR) is 86.3 cm³/mol. The average molecular weight is 301 g/mol.